The molecule has 0 aliphatic heterocycles. The van der Waals surface area contributed by atoms with Crippen molar-refractivity contribution in [3.63, 3.8) is 0 Å². The lowest BCUT2D eigenvalue weighted by atomic mass is 10.00. The van der Waals surface area contributed by atoms with Crippen LogP contribution in [0.25, 0.3) is 0 Å². The Morgan fingerprint density at radius 1 is 1.29 bits per heavy atom. The van der Waals surface area contributed by atoms with Gasteiger partial charge in [0.2, 0.25) is 0 Å². The molecule has 1 aromatic carbocycles. The largest absolute Gasteiger partial charge is 0.320 e. The Hall–Kier alpha value is -1.45. The Morgan fingerprint density at radius 3 is 2.71 bits per heavy atom. The maximum absolute atomic E-state index is 13.1. The van der Waals surface area contributed by atoms with E-state index >= 15 is 0 Å². The monoisotopic (exact) mass is 250 g/mol. The van der Waals surface area contributed by atoms with E-state index in [-0.39, 0.29) is 0 Å². The normalized spacial score (nSPS) is 12.5. The molecular formula is C13H12ClFN2. The number of nitrogens with zero attached hydrogens (tertiary/aromatic N) is 1. The molecule has 1 atom stereocenters. The number of benzene rings is 1. The van der Waals surface area contributed by atoms with Crippen LogP contribution in [0.5, 0.6) is 0 Å². The topological polar surface area (TPSA) is 38.9 Å². The van der Waals surface area contributed by atoms with E-state index < -0.39 is 11.9 Å². The van der Waals surface area contributed by atoms with E-state index in [0.717, 1.165) is 17.3 Å². The summed E-state index contributed by atoms with van der Waals surface area (Å²) < 4.78 is 13.1. The molecule has 0 amide bonds. The third kappa shape index (κ3) is 2.62. The number of hydrogen-bond donors (Lipinski definition) is 1. The molecule has 1 unspecified atom stereocenters. The molecule has 2 N–H and O–H groups in total. The smallest absolute Gasteiger partial charge is 0.141 e. The minimum Gasteiger partial charge on any atom is -0.320 e. The molecule has 0 radical (unpaired) electrons. The molecule has 2 rings (SSSR count). The van der Waals surface area contributed by atoms with Crippen LogP contribution in [0.2, 0.25) is 5.02 Å². The Labute approximate surface area is 104 Å². The molecule has 4 heteroatoms. The van der Waals surface area contributed by atoms with Gasteiger partial charge in [0.05, 0.1) is 12.2 Å². The fraction of sp³-hybridized carbons (Fsp3) is 0.154. The SMILES string of the molecule is Cc1ccc(C(N)c2cncc(F)c2)c(Cl)c1. The molecule has 0 fully saturated rings. The lowest BCUT2D eigenvalue weighted by Gasteiger charge is -2.14. The Bertz CT molecular complexity index is 543. The van der Waals surface area contributed by atoms with Crippen LogP contribution < -0.4 is 5.73 Å². The third-order valence-corrected chi connectivity index (χ3v) is 2.90. The summed E-state index contributed by atoms with van der Waals surface area (Å²) >= 11 is 6.12. The summed E-state index contributed by atoms with van der Waals surface area (Å²) in [5.41, 5.74) is 8.48. The highest BCUT2D eigenvalue weighted by Gasteiger charge is 2.13. The number of rotatable bonds is 2. The van der Waals surface area contributed by atoms with E-state index in [0.29, 0.717) is 10.6 Å². The van der Waals surface area contributed by atoms with Gasteiger partial charge in [-0.15, -0.1) is 0 Å². The van der Waals surface area contributed by atoms with Gasteiger partial charge in [0.1, 0.15) is 5.82 Å². The van der Waals surface area contributed by atoms with Crippen molar-refractivity contribution in [3.8, 4) is 0 Å². The molecule has 0 saturated heterocycles. The quantitative estimate of drug-likeness (QED) is 0.889. The molecule has 0 spiro atoms. The van der Waals surface area contributed by atoms with Crippen LogP contribution in [0, 0.1) is 12.7 Å². The lowest BCUT2D eigenvalue weighted by molar-refractivity contribution is 0.616. The number of hydrogen-bond acceptors (Lipinski definition) is 2. The number of halogens is 2. The molecule has 1 aromatic heterocycles. The summed E-state index contributed by atoms with van der Waals surface area (Å²) in [5.74, 6) is -0.402. The van der Waals surface area contributed by atoms with Crippen LogP contribution in [-0.2, 0) is 0 Å². The van der Waals surface area contributed by atoms with Crippen molar-refractivity contribution < 1.29 is 4.39 Å². The Morgan fingerprint density at radius 2 is 2.06 bits per heavy atom. The van der Waals surface area contributed by atoms with Gasteiger partial charge in [-0.2, -0.15) is 0 Å². The lowest BCUT2D eigenvalue weighted by Crippen LogP contribution is -2.13. The number of aromatic nitrogens is 1. The molecule has 0 aliphatic rings. The summed E-state index contributed by atoms with van der Waals surface area (Å²) in [4.78, 5) is 3.78. The molecule has 88 valence electrons. The fourth-order valence-electron chi connectivity index (χ4n) is 1.66. The first-order valence-electron chi connectivity index (χ1n) is 5.20. The van der Waals surface area contributed by atoms with Gasteiger partial charge in [0.25, 0.3) is 0 Å². The number of pyridine rings is 1. The van der Waals surface area contributed by atoms with Gasteiger partial charge in [-0.1, -0.05) is 23.7 Å². The number of nitrogens with two attached hydrogens (primary N) is 1. The van der Waals surface area contributed by atoms with Crippen LogP contribution in [-0.4, -0.2) is 4.98 Å². The highest BCUT2D eigenvalue weighted by atomic mass is 35.5. The molecule has 1 heterocycles. The molecule has 0 saturated carbocycles. The summed E-state index contributed by atoms with van der Waals surface area (Å²) in [6, 6.07) is 6.52. The Kier molecular flexibility index (Phi) is 3.41. The van der Waals surface area contributed by atoms with E-state index in [1.807, 2.05) is 25.1 Å². The van der Waals surface area contributed by atoms with E-state index in [4.69, 9.17) is 17.3 Å². The van der Waals surface area contributed by atoms with Crippen molar-refractivity contribution in [2.24, 2.45) is 5.73 Å². The van der Waals surface area contributed by atoms with Gasteiger partial charge < -0.3 is 5.73 Å². The minimum atomic E-state index is -0.466. The molecule has 2 aromatic rings. The second-order valence-electron chi connectivity index (χ2n) is 3.94. The zero-order valence-corrected chi connectivity index (χ0v) is 10.1. The van der Waals surface area contributed by atoms with E-state index in [1.54, 1.807) is 6.20 Å². The maximum Gasteiger partial charge on any atom is 0.141 e. The average molecular weight is 251 g/mol. The van der Waals surface area contributed by atoms with Gasteiger partial charge in [-0.25, -0.2) is 4.39 Å². The van der Waals surface area contributed by atoms with Crippen LogP contribution in [0.1, 0.15) is 22.7 Å². The average Bonchev–Trinajstić information content (AvgIpc) is 2.28. The van der Waals surface area contributed by atoms with Gasteiger partial charge in [-0.05, 0) is 35.7 Å². The zero-order valence-electron chi connectivity index (χ0n) is 9.32. The van der Waals surface area contributed by atoms with Gasteiger partial charge >= 0.3 is 0 Å². The van der Waals surface area contributed by atoms with Crippen molar-refractivity contribution in [1.82, 2.24) is 4.98 Å². The van der Waals surface area contributed by atoms with E-state index in [2.05, 4.69) is 4.98 Å². The highest BCUT2D eigenvalue weighted by molar-refractivity contribution is 6.31. The standard InChI is InChI=1S/C13H12ClFN2/c1-8-2-3-11(12(14)4-8)13(16)9-5-10(15)7-17-6-9/h2-7,13H,16H2,1H3. The van der Waals surface area contributed by atoms with E-state index in [9.17, 15) is 4.39 Å². The van der Waals surface area contributed by atoms with Crippen LogP contribution in [0.3, 0.4) is 0 Å². The molecule has 0 bridgehead atoms. The highest BCUT2D eigenvalue weighted by Crippen LogP contribution is 2.27. The maximum atomic E-state index is 13.1. The summed E-state index contributed by atoms with van der Waals surface area (Å²) in [6.45, 7) is 1.95. The first-order chi connectivity index (χ1) is 8.08. The van der Waals surface area contributed by atoms with Gasteiger partial charge in [0.15, 0.2) is 0 Å². The predicted octanol–water partition coefficient (Wildman–Crippen LogP) is 3.23. The van der Waals surface area contributed by atoms with Gasteiger partial charge in [0, 0.05) is 11.2 Å². The third-order valence-electron chi connectivity index (χ3n) is 2.58. The first-order valence-corrected chi connectivity index (χ1v) is 5.58. The summed E-state index contributed by atoms with van der Waals surface area (Å²) in [5, 5.41) is 0.585. The fourth-order valence-corrected chi connectivity index (χ4v) is 2.01. The predicted molar refractivity (Wildman–Crippen MR) is 66.4 cm³/mol. The molecule has 0 aliphatic carbocycles. The second-order valence-corrected chi connectivity index (χ2v) is 4.35. The van der Waals surface area contributed by atoms with Crippen LogP contribution >= 0.6 is 11.6 Å². The van der Waals surface area contributed by atoms with Crippen LogP contribution in [0.15, 0.2) is 36.7 Å². The first kappa shape index (κ1) is 12.0. The van der Waals surface area contributed by atoms with Crippen molar-refractivity contribution in [1.29, 1.82) is 0 Å². The van der Waals surface area contributed by atoms with Crippen molar-refractivity contribution in [2.45, 2.75) is 13.0 Å². The summed E-state index contributed by atoms with van der Waals surface area (Å²) in [7, 11) is 0. The van der Waals surface area contributed by atoms with Gasteiger partial charge in [-0.3, -0.25) is 4.98 Å². The van der Waals surface area contributed by atoms with Crippen molar-refractivity contribution in [3.05, 3.63) is 64.2 Å². The zero-order chi connectivity index (χ0) is 12.4. The molecular weight excluding hydrogens is 239 g/mol. The minimum absolute atomic E-state index is 0.402. The van der Waals surface area contributed by atoms with Crippen molar-refractivity contribution in [2.75, 3.05) is 0 Å². The number of aryl methyl sites for hydroxylation is 1. The van der Waals surface area contributed by atoms with Crippen molar-refractivity contribution >= 4 is 11.6 Å². The molecule has 2 nitrogen and oxygen atoms in total. The second kappa shape index (κ2) is 4.82. The Balaban J connectivity index is 2.40. The van der Waals surface area contributed by atoms with Crippen LogP contribution in [0.4, 0.5) is 4.39 Å². The summed E-state index contributed by atoms with van der Waals surface area (Å²) in [6.07, 6.45) is 2.69. The molecule has 17 heavy (non-hydrogen) atoms. The van der Waals surface area contributed by atoms with E-state index in [1.165, 1.54) is 6.07 Å².